The number of alkyl halides is 2. The van der Waals surface area contributed by atoms with Crippen LogP contribution in [0.1, 0.15) is 75.5 Å². The lowest BCUT2D eigenvalue weighted by atomic mass is 9.77. The molecule has 1 aliphatic rings. The van der Waals surface area contributed by atoms with Gasteiger partial charge in [-0.2, -0.15) is 14.0 Å². The van der Waals surface area contributed by atoms with Crippen LogP contribution in [-0.4, -0.2) is 0 Å². The molecule has 3 rings (SSSR count). The van der Waals surface area contributed by atoms with Crippen LogP contribution in [0.15, 0.2) is 24.3 Å². The molecule has 0 bridgehead atoms. The van der Waals surface area contributed by atoms with Gasteiger partial charge in [0.25, 0.3) is 0 Å². The Labute approximate surface area is 183 Å². The largest absolute Gasteiger partial charge is 0.432 e. The third-order valence-corrected chi connectivity index (χ3v) is 5.74. The first-order chi connectivity index (χ1) is 14.7. The zero-order chi connectivity index (χ0) is 22.8. The number of ether oxygens (including phenoxy) is 1. The van der Waals surface area contributed by atoms with E-state index in [1.807, 2.05) is 0 Å². The highest BCUT2D eigenvalue weighted by Crippen LogP contribution is 2.41. The Bertz CT molecular complexity index is 946. The standard InChI is InChI=1S/C23H21F6NO.CH4/c1-2-3-13-4-6-14(7-5-13)15-8-20(26)22(21(27)9-15)23(28,29)31-16-10-18(24)17(12-30)19(25)11-16;/h8-11,13-14H,2-7H2,1H3;1H4. The van der Waals surface area contributed by atoms with Gasteiger partial charge in [-0.25, -0.2) is 17.6 Å². The molecule has 0 aromatic heterocycles. The number of nitrogens with zero attached hydrogens (tertiary/aromatic N) is 1. The van der Waals surface area contributed by atoms with Crippen molar-refractivity contribution in [1.82, 2.24) is 0 Å². The first-order valence-electron chi connectivity index (χ1n) is 10.1. The van der Waals surface area contributed by atoms with E-state index in [0.29, 0.717) is 23.6 Å². The second kappa shape index (κ2) is 10.3. The molecule has 1 saturated carbocycles. The number of rotatable bonds is 6. The van der Waals surface area contributed by atoms with Crippen molar-refractivity contribution in [2.24, 2.45) is 5.92 Å². The van der Waals surface area contributed by atoms with Crippen molar-refractivity contribution in [3.8, 4) is 11.8 Å². The van der Waals surface area contributed by atoms with Crippen LogP contribution < -0.4 is 4.74 Å². The van der Waals surface area contributed by atoms with Crippen LogP contribution in [0.25, 0.3) is 0 Å². The van der Waals surface area contributed by atoms with E-state index in [4.69, 9.17) is 5.26 Å². The predicted octanol–water partition coefficient (Wildman–Crippen LogP) is 7.95. The maximum Gasteiger partial charge on any atom is 0.432 e. The van der Waals surface area contributed by atoms with Crippen LogP contribution in [-0.2, 0) is 6.11 Å². The number of benzene rings is 2. The highest BCUT2D eigenvalue weighted by molar-refractivity contribution is 5.39. The summed E-state index contributed by atoms with van der Waals surface area (Å²) >= 11 is 0. The first kappa shape index (κ1) is 25.6. The lowest BCUT2D eigenvalue weighted by Gasteiger charge is -2.29. The van der Waals surface area contributed by atoms with Gasteiger partial charge in [-0.15, -0.1) is 0 Å². The van der Waals surface area contributed by atoms with Crippen molar-refractivity contribution in [2.75, 3.05) is 0 Å². The summed E-state index contributed by atoms with van der Waals surface area (Å²) in [6.07, 6.45) is 0.902. The van der Waals surface area contributed by atoms with E-state index in [1.54, 1.807) is 0 Å². The van der Waals surface area contributed by atoms with Crippen LogP contribution in [0, 0.1) is 40.5 Å². The van der Waals surface area contributed by atoms with Crippen LogP contribution in [0.4, 0.5) is 26.3 Å². The molecule has 2 aromatic carbocycles. The molecule has 0 atom stereocenters. The molecular weight excluding hydrogens is 432 g/mol. The highest BCUT2D eigenvalue weighted by Gasteiger charge is 2.42. The van der Waals surface area contributed by atoms with Gasteiger partial charge in [0.2, 0.25) is 0 Å². The fraction of sp³-hybridized carbons (Fsp3) is 0.458. The molecule has 0 spiro atoms. The molecule has 174 valence electrons. The summed E-state index contributed by atoms with van der Waals surface area (Å²) in [5, 5.41) is 8.63. The van der Waals surface area contributed by atoms with Gasteiger partial charge in [-0.3, -0.25) is 0 Å². The molecule has 2 nitrogen and oxygen atoms in total. The van der Waals surface area contributed by atoms with E-state index in [2.05, 4.69) is 11.7 Å². The Hall–Kier alpha value is -2.69. The molecule has 0 unspecified atom stereocenters. The van der Waals surface area contributed by atoms with Crippen LogP contribution in [0.5, 0.6) is 5.75 Å². The number of nitriles is 1. The molecule has 0 saturated heterocycles. The monoisotopic (exact) mass is 457 g/mol. The molecule has 0 aliphatic heterocycles. The molecule has 1 fully saturated rings. The smallest absolute Gasteiger partial charge is 0.429 e. The van der Waals surface area contributed by atoms with E-state index >= 15 is 0 Å². The maximum absolute atomic E-state index is 14.5. The summed E-state index contributed by atoms with van der Waals surface area (Å²) in [4.78, 5) is 0. The van der Waals surface area contributed by atoms with Gasteiger partial charge in [0.1, 0.15) is 46.2 Å². The van der Waals surface area contributed by atoms with Gasteiger partial charge in [0, 0.05) is 12.1 Å². The average Bonchev–Trinajstić information content (AvgIpc) is 2.67. The summed E-state index contributed by atoms with van der Waals surface area (Å²) in [6, 6.07) is 3.70. The fourth-order valence-corrected chi connectivity index (χ4v) is 4.21. The van der Waals surface area contributed by atoms with Crippen molar-refractivity contribution >= 4 is 0 Å². The van der Waals surface area contributed by atoms with Crippen molar-refractivity contribution in [3.05, 3.63) is 64.2 Å². The summed E-state index contributed by atoms with van der Waals surface area (Å²) < 4.78 is 89.6. The summed E-state index contributed by atoms with van der Waals surface area (Å²) in [7, 11) is 0. The zero-order valence-corrected chi connectivity index (χ0v) is 16.8. The lowest BCUT2D eigenvalue weighted by Crippen LogP contribution is -2.26. The van der Waals surface area contributed by atoms with Gasteiger partial charge in [-0.1, -0.05) is 27.2 Å². The second-order valence-electron chi connectivity index (χ2n) is 7.86. The van der Waals surface area contributed by atoms with Gasteiger partial charge < -0.3 is 4.74 Å². The highest BCUT2D eigenvalue weighted by atomic mass is 19.3. The lowest BCUT2D eigenvalue weighted by molar-refractivity contribution is -0.189. The van der Waals surface area contributed by atoms with E-state index in [9.17, 15) is 26.3 Å². The number of hydrogen-bond donors (Lipinski definition) is 0. The second-order valence-corrected chi connectivity index (χ2v) is 7.86. The van der Waals surface area contributed by atoms with Gasteiger partial charge >= 0.3 is 6.11 Å². The van der Waals surface area contributed by atoms with Gasteiger partial charge in [0.05, 0.1) is 0 Å². The van der Waals surface area contributed by atoms with Crippen LogP contribution in [0.3, 0.4) is 0 Å². The van der Waals surface area contributed by atoms with E-state index in [1.165, 1.54) is 6.07 Å². The minimum absolute atomic E-state index is 0. The SMILES string of the molecule is C.CCCC1CCC(c2cc(F)c(C(F)(F)Oc3cc(F)c(C#N)c(F)c3)c(F)c2)CC1. The Morgan fingerprint density at radius 1 is 0.938 bits per heavy atom. The van der Waals surface area contributed by atoms with Gasteiger partial charge in [-0.05, 0) is 55.2 Å². The van der Waals surface area contributed by atoms with Crippen molar-refractivity contribution in [2.45, 2.75) is 64.9 Å². The quantitative estimate of drug-likeness (QED) is 0.412. The van der Waals surface area contributed by atoms with Crippen LogP contribution in [0.2, 0.25) is 0 Å². The summed E-state index contributed by atoms with van der Waals surface area (Å²) in [6.45, 7) is 2.10. The minimum Gasteiger partial charge on any atom is -0.429 e. The van der Waals surface area contributed by atoms with Gasteiger partial charge in [0.15, 0.2) is 0 Å². The fourth-order valence-electron chi connectivity index (χ4n) is 4.21. The van der Waals surface area contributed by atoms with Crippen molar-refractivity contribution in [3.63, 3.8) is 0 Å². The zero-order valence-electron chi connectivity index (χ0n) is 16.8. The van der Waals surface area contributed by atoms with Crippen molar-refractivity contribution in [1.29, 1.82) is 5.26 Å². The van der Waals surface area contributed by atoms with E-state index < -0.39 is 46.3 Å². The Balaban J connectivity index is 0.00000363. The molecule has 2 aromatic rings. The Kier molecular flexibility index (Phi) is 8.22. The molecule has 0 amide bonds. The molecule has 0 radical (unpaired) electrons. The summed E-state index contributed by atoms with van der Waals surface area (Å²) in [5.41, 5.74) is -2.31. The van der Waals surface area contributed by atoms with Crippen molar-refractivity contribution < 1.29 is 31.1 Å². The van der Waals surface area contributed by atoms with E-state index in [-0.39, 0.29) is 13.3 Å². The molecule has 1 aliphatic carbocycles. The molecule has 0 N–H and O–H groups in total. The first-order valence-corrected chi connectivity index (χ1v) is 10.1. The number of hydrogen-bond acceptors (Lipinski definition) is 2. The average molecular weight is 457 g/mol. The molecule has 0 heterocycles. The third-order valence-electron chi connectivity index (χ3n) is 5.74. The van der Waals surface area contributed by atoms with E-state index in [0.717, 1.165) is 50.7 Å². The van der Waals surface area contributed by atoms with Crippen LogP contribution >= 0.6 is 0 Å². The Morgan fingerprint density at radius 3 is 1.94 bits per heavy atom. The normalized spacial score (nSPS) is 18.6. The third kappa shape index (κ3) is 5.37. The summed E-state index contributed by atoms with van der Waals surface area (Å²) in [5.74, 6) is -6.40. The molecule has 8 heteroatoms. The minimum atomic E-state index is -4.53. The topological polar surface area (TPSA) is 33.0 Å². The molecule has 32 heavy (non-hydrogen) atoms. The molecular formula is C24H25F6NO. The number of halogens is 6. The maximum atomic E-state index is 14.5. The Morgan fingerprint density at radius 2 is 1.47 bits per heavy atom. The predicted molar refractivity (Wildman–Crippen MR) is 108 cm³/mol.